The van der Waals surface area contributed by atoms with E-state index in [9.17, 15) is 13.2 Å². The average molecular weight is 327 g/mol. The predicted molar refractivity (Wildman–Crippen MR) is 79.7 cm³/mol. The van der Waals surface area contributed by atoms with Crippen molar-refractivity contribution in [3.05, 3.63) is 42.5 Å². The van der Waals surface area contributed by atoms with Crippen LogP contribution in [0.2, 0.25) is 0 Å². The van der Waals surface area contributed by atoms with Crippen LogP contribution in [0, 0.1) is 0 Å². The van der Waals surface area contributed by atoms with Crippen molar-refractivity contribution in [2.24, 2.45) is 5.73 Å². The summed E-state index contributed by atoms with van der Waals surface area (Å²) in [7, 11) is 1.54. The van der Waals surface area contributed by atoms with E-state index >= 15 is 0 Å². The minimum Gasteiger partial charge on any atom is -0.497 e. The highest BCUT2D eigenvalue weighted by Gasteiger charge is 2.32. The second-order valence-corrected chi connectivity index (χ2v) is 4.58. The number of methoxy groups -OCH3 is 1. The first-order valence-corrected chi connectivity index (χ1v) is 6.80. The van der Waals surface area contributed by atoms with Crippen LogP contribution in [0.5, 0.6) is 17.2 Å². The van der Waals surface area contributed by atoms with E-state index in [-0.39, 0.29) is 18.9 Å². The van der Waals surface area contributed by atoms with Crippen LogP contribution < -0.4 is 19.9 Å². The van der Waals surface area contributed by atoms with Crippen molar-refractivity contribution in [2.75, 3.05) is 20.3 Å². The van der Waals surface area contributed by atoms with Crippen molar-refractivity contribution in [3.63, 3.8) is 0 Å². The maximum Gasteiger partial charge on any atom is 0.573 e. The van der Waals surface area contributed by atoms with Crippen molar-refractivity contribution in [1.82, 2.24) is 0 Å². The third-order valence-corrected chi connectivity index (χ3v) is 2.95. The molecule has 0 heterocycles. The van der Waals surface area contributed by atoms with Gasteiger partial charge in [0.05, 0.1) is 7.11 Å². The molecule has 0 aliphatic carbocycles. The van der Waals surface area contributed by atoms with E-state index in [4.69, 9.17) is 15.2 Å². The smallest absolute Gasteiger partial charge is 0.497 e. The van der Waals surface area contributed by atoms with Crippen LogP contribution in [0.3, 0.4) is 0 Å². The number of ether oxygens (including phenoxy) is 3. The highest BCUT2D eigenvalue weighted by molar-refractivity contribution is 5.68. The van der Waals surface area contributed by atoms with Gasteiger partial charge in [0.1, 0.15) is 12.4 Å². The van der Waals surface area contributed by atoms with Gasteiger partial charge in [-0.15, -0.1) is 13.2 Å². The normalized spacial score (nSPS) is 11.2. The Balaban J connectivity index is 2.38. The molecule has 0 bridgehead atoms. The van der Waals surface area contributed by atoms with Gasteiger partial charge in [0.25, 0.3) is 0 Å². The summed E-state index contributed by atoms with van der Waals surface area (Å²) < 4.78 is 51.7. The summed E-state index contributed by atoms with van der Waals surface area (Å²) in [5.41, 5.74) is 6.79. The molecule has 0 aromatic heterocycles. The molecule has 2 aromatic rings. The zero-order valence-corrected chi connectivity index (χ0v) is 12.4. The van der Waals surface area contributed by atoms with Crippen LogP contribution in [-0.4, -0.2) is 26.6 Å². The zero-order valence-electron chi connectivity index (χ0n) is 12.4. The van der Waals surface area contributed by atoms with Crippen LogP contribution in [0.15, 0.2) is 42.5 Å². The van der Waals surface area contributed by atoms with Gasteiger partial charge in [-0.25, -0.2) is 0 Å². The van der Waals surface area contributed by atoms with E-state index in [1.807, 2.05) is 6.07 Å². The first-order valence-electron chi connectivity index (χ1n) is 6.80. The number of benzene rings is 2. The van der Waals surface area contributed by atoms with Crippen molar-refractivity contribution in [3.8, 4) is 28.4 Å². The molecule has 0 spiro atoms. The van der Waals surface area contributed by atoms with Gasteiger partial charge in [0, 0.05) is 6.54 Å². The fourth-order valence-electron chi connectivity index (χ4n) is 1.98. The summed E-state index contributed by atoms with van der Waals surface area (Å²) in [6.45, 7) is 0.255. The van der Waals surface area contributed by atoms with E-state index in [1.54, 1.807) is 18.2 Å². The molecule has 0 unspecified atom stereocenters. The zero-order chi connectivity index (χ0) is 16.9. The Morgan fingerprint density at radius 3 is 2.39 bits per heavy atom. The van der Waals surface area contributed by atoms with Crippen LogP contribution in [0.4, 0.5) is 13.2 Å². The third kappa shape index (κ3) is 4.79. The molecule has 2 rings (SSSR count). The Morgan fingerprint density at radius 1 is 1.00 bits per heavy atom. The van der Waals surface area contributed by atoms with Gasteiger partial charge in [-0.2, -0.15) is 0 Å². The molecule has 0 saturated carbocycles. The van der Waals surface area contributed by atoms with E-state index in [0.717, 1.165) is 5.56 Å². The number of nitrogens with two attached hydrogens (primary N) is 1. The molecule has 23 heavy (non-hydrogen) atoms. The first-order chi connectivity index (χ1) is 10.9. The molecule has 0 fully saturated rings. The second-order valence-electron chi connectivity index (χ2n) is 4.58. The lowest BCUT2D eigenvalue weighted by Gasteiger charge is -2.15. The van der Waals surface area contributed by atoms with Gasteiger partial charge in [0.2, 0.25) is 0 Å². The molecule has 7 heteroatoms. The van der Waals surface area contributed by atoms with Crippen molar-refractivity contribution in [2.45, 2.75) is 6.36 Å². The summed E-state index contributed by atoms with van der Waals surface area (Å²) in [4.78, 5) is 0. The minimum absolute atomic E-state index is 0.0203. The molecule has 2 aromatic carbocycles. The molecule has 0 saturated heterocycles. The summed E-state index contributed by atoms with van der Waals surface area (Å²) >= 11 is 0. The van der Waals surface area contributed by atoms with Gasteiger partial charge < -0.3 is 19.9 Å². The largest absolute Gasteiger partial charge is 0.573 e. The highest BCUT2D eigenvalue weighted by Crippen LogP contribution is 2.36. The predicted octanol–water partition coefficient (Wildman–Crippen LogP) is 3.60. The third-order valence-electron chi connectivity index (χ3n) is 2.95. The van der Waals surface area contributed by atoms with E-state index in [1.165, 1.54) is 25.3 Å². The van der Waals surface area contributed by atoms with Gasteiger partial charge in [-0.3, -0.25) is 0 Å². The lowest BCUT2D eigenvalue weighted by Crippen LogP contribution is -2.18. The fourth-order valence-corrected chi connectivity index (χ4v) is 1.98. The van der Waals surface area contributed by atoms with Gasteiger partial charge in [-0.05, 0) is 35.4 Å². The summed E-state index contributed by atoms with van der Waals surface area (Å²) in [6.07, 6.45) is -4.79. The van der Waals surface area contributed by atoms with Gasteiger partial charge in [0.15, 0.2) is 11.5 Å². The number of hydrogen-bond acceptors (Lipinski definition) is 4. The lowest BCUT2D eigenvalue weighted by atomic mass is 10.0. The number of alkyl halides is 3. The molecule has 4 nitrogen and oxygen atoms in total. The van der Waals surface area contributed by atoms with E-state index in [2.05, 4.69) is 4.74 Å². The molecule has 0 amide bonds. The van der Waals surface area contributed by atoms with Crippen LogP contribution in [-0.2, 0) is 0 Å². The van der Waals surface area contributed by atoms with Crippen molar-refractivity contribution < 1.29 is 27.4 Å². The van der Waals surface area contributed by atoms with Gasteiger partial charge >= 0.3 is 6.36 Å². The van der Waals surface area contributed by atoms with Crippen LogP contribution >= 0.6 is 0 Å². The Kier molecular flexibility index (Phi) is 5.33. The Bertz CT molecular complexity index is 659. The Labute approximate surface area is 131 Å². The molecule has 124 valence electrons. The monoisotopic (exact) mass is 327 g/mol. The first kappa shape index (κ1) is 17.0. The second kappa shape index (κ2) is 7.23. The Morgan fingerprint density at radius 2 is 1.74 bits per heavy atom. The molecular formula is C16H16F3NO3. The minimum atomic E-state index is -4.79. The van der Waals surface area contributed by atoms with Crippen molar-refractivity contribution in [1.29, 1.82) is 0 Å². The standard InChI is InChI=1S/C16H16F3NO3/c1-21-13-4-2-3-11(9-13)12-5-6-14(23-16(17,18)19)15(10-12)22-8-7-20/h2-6,9-10H,7-8,20H2,1H3. The van der Waals surface area contributed by atoms with Crippen molar-refractivity contribution >= 4 is 0 Å². The average Bonchev–Trinajstić information content (AvgIpc) is 2.52. The highest BCUT2D eigenvalue weighted by atomic mass is 19.4. The quantitative estimate of drug-likeness (QED) is 0.881. The molecule has 0 aliphatic heterocycles. The summed E-state index contributed by atoms with van der Waals surface area (Å²) in [5, 5.41) is 0. The van der Waals surface area contributed by atoms with Crippen LogP contribution in [0.25, 0.3) is 11.1 Å². The molecule has 2 N–H and O–H groups in total. The summed E-state index contributed by atoms with van der Waals surface area (Å²) in [5.74, 6) is 0.216. The maximum absolute atomic E-state index is 12.4. The van der Waals surface area contributed by atoms with E-state index in [0.29, 0.717) is 11.3 Å². The maximum atomic E-state index is 12.4. The van der Waals surface area contributed by atoms with Gasteiger partial charge in [-0.1, -0.05) is 18.2 Å². The fraction of sp³-hybridized carbons (Fsp3) is 0.250. The number of halogens is 3. The van der Waals surface area contributed by atoms with Crippen LogP contribution in [0.1, 0.15) is 0 Å². The number of hydrogen-bond donors (Lipinski definition) is 1. The lowest BCUT2D eigenvalue weighted by molar-refractivity contribution is -0.275. The summed E-state index contributed by atoms with van der Waals surface area (Å²) in [6, 6.07) is 11.4. The Hall–Kier alpha value is -2.41. The molecular weight excluding hydrogens is 311 g/mol. The topological polar surface area (TPSA) is 53.7 Å². The molecule has 0 atom stereocenters. The SMILES string of the molecule is COc1cccc(-c2ccc(OC(F)(F)F)c(OCCN)c2)c1. The van der Waals surface area contributed by atoms with E-state index < -0.39 is 12.1 Å². The molecule has 0 aliphatic rings. The molecule has 0 radical (unpaired) electrons. The number of rotatable bonds is 6.